The van der Waals surface area contributed by atoms with Crippen molar-refractivity contribution in [1.82, 2.24) is 10.2 Å². The summed E-state index contributed by atoms with van der Waals surface area (Å²) in [6.45, 7) is 1.17. The summed E-state index contributed by atoms with van der Waals surface area (Å²) in [5, 5.41) is 3.53. The molecule has 0 bridgehead atoms. The third kappa shape index (κ3) is 8.78. The molecular formula is C37H39ClFN3O4S. The van der Waals surface area contributed by atoms with Crippen molar-refractivity contribution in [1.29, 1.82) is 0 Å². The van der Waals surface area contributed by atoms with Gasteiger partial charge in [-0.05, 0) is 72.9 Å². The van der Waals surface area contributed by atoms with Crippen LogP contribution in [0.3, 0.4) is 0 Å². The zero-order valence-electron chi connectivity index (χ0n) is 26.3. The van der Waals surface area contributed by atoms with Gasteiger partial charge in [0.1, 0.15) is 18.4 Å². The number of hydrogen-bond donors (Lipinski definition) is 1. The van der Waals surface area contributed by atoms with E-state index >= 15 is 0 Å². The second-order valence-electron chi connectivity index (χ2n) is 12.0. The zero-order chi connectivity index (χ0) is 33.4. The number of rotatable bonds is 12. The van der Waals surface area contributed by atoms with Crippen LogP contribution in [0.25, 0.3) is 0 Å². The minimum atomic E-state index is -4.24. The maximum Gasteiger partial charge on any atom is 0.264 e. The summed E-state index contributed by atoms with van der Waals surface area (Å²) in [5.41, 5.74) is 2.40. The summed E-state index contributed by atoms with van der Waals surface area (Å²) in [7, 11) is -4.24. The molecular weight excluding hydrogens is 637 g/mol. The average Bonchev–Trinajstić information content (AvgIpc) is 3.08. The molecule has 4 aromatic rings. The molecule has 1 atom stereocenters. The lowest BCUT2D eigenvalue weighted by molar-refractivity contribution is -0.140. The lowest BCUT2D eigenvalue weighted by Crippen LogP contribution is -2.55. The van der Waals surface area contributed by atoms with Crippen molar-refractivity contribution in [2.75, 3.05) is 10.8 Å². The number of hydrogen-bond acceptors (Lipinski definition) is 4. The maximum absolute atomic E-state index is 14.6. The lowest BCUT2D eigenvalue weighted by atomic mass is 9.94. The number of anilines is 1. The third-order valence-corrected chi connectivity index (χ3v) is 10.7. The smallest absolute Gasteiger partial charge is 0.264 e. The molecule has 0 spiro atoms. The summed E-state index contributed by atoms with van der Waals surface area (Å²) in [4.78, 5) is 30.2. The summed E-state index contributed by atoms with van der Waals surface area (Å²) in [6, 6.07) is 26.8. The van der Waals surface area contributed by atoms with Gasteiger partial charge in [-0.15, -0.1) is 0 Å². The number of carbonyl (C=O) groups is 2. The van der Waals surface area contributed by atoms with E-state index in [-0.39, 0.29) is 35.5 Å². The van der Waals surface area contributed by atoms with Crippen molar-refractivity contribution in [3.05, 3.63) is 131 Å². The number of sulfonamides is 1. The molecule has 0 saturated heterocycles. The molecule has 10 heteroatoms. The van der Waals surface area contributed by atoms with Crippen LogP contribution in [-0.4, -0.2) is 43.8 Å². The summed E-state index contributed by atoms with van der Waals surface area (Å²) in [6.07, 6.45) is 5.05. The Bertz CT molecular complexity index is 1770. The van der Waals surface area contributed by atoms with E-state index in [1.165, 1.54) is 35.2 Å². The van der Waals surface area contributed by atoms with Gasteiger partial charge >= 0.3 is 0 Å². The molecule has 0 aromatic heterocycles. The summed E-state index contributed by atoms with van der Waals surface area (Å²) in [5.74, 6) is -1.34. The first-order valence-corrected chi connectivity index (χ1v) is 17.7. The molecule has 0 radical (unpaired) electrons. The number of carbonyl (C=O) groups excluding carboxylic acids is 2. The Morgan fingerprint density at radius 3 is 2.15 bits per heavy atom. The molecule has 5 rings (SSSR count). The Hall–Kier alpha value is -4.21. The minimum absolute atomic E-state index is 0.00505. The van der Waals surface area contributed by atoms with Crippen LogP contribution < -0.4 is 9.62 Å². The van der Waals surface area contributed by atoms with Gasteiger partial charge in [0.2, 0.25) is 11.8 Å². The molecule has 1 aliphatic rings. The predicted molar refractivity (Wildman–Crippen MR) is 183 cm³/mol. The van der Waals surface area contributed by atoms with Gasteiger partial charge in [-0.3, -0.25) is 13.9 Å². The van der Waals surface area contributed by atoms with Crippen molar-refractivity contribution in [3.63, 3.8) is 0 Å². The summed E-state index contributed by atoms with van der Waals surface area (Å²) < 4.78 is 43.2. The fraction of sp³-hybridized carbons (Fsp3) is 0.297. The monoisotopic (exact) mass is 675 g/mol. The first-order valence-electron chi connectivity index (χ1n) is 15.8. The Kier molecular flexibility index (Phi) is 11.3. The van der Waals surface area contributed by atoms with Crippen molar-refractivity contribution in [2.45, 2.75) is 69.0 Å². The molecule has 7 nitrogen and oxygen atoms in total. The normalized spacial score (nSPS) is 14.3. The molecule has 47 heavy (non-hydrogen) atoms. The van der Waals surface area contributed by atoms with Gasteiger partial charge in [0.25, 0.3) is 10.0 Å². The average molecular weight is 676 g/mol. The third-order valence-electron chi connectivity index (χ3n) is 8.54. The van der Waals surface area contributed by atoms with Gasteiger partial charge in [-0.25, -0.2) is 12.8 Å². The molecule has 1 saturated carbocycles. The van der Waals surface area contributed by atoms with Gasteiger partial charge < -0.3 is 10.2 Å². The van der Waals surface area contributed by atoms with E-state index in [0.29, 0.717) is 10.6 Å². The highest BCUT2D eigenvalue weighted by Gasteiger charge is 2.35. The zero-order valence-corrected chi connectivity index (χ0v) is 27.9. The Morgan fingerprint density at radius 2 is 1.51 bits per heavy atom. The quantitative estimate of drug-likeness (QED) is 0.174. The number of aryl methyl sites for hydroxylation is 1. The van der Waals surface area contributed by atoms with Crippen LogP contribution in [0.1, 0.15) is 48.8 Å². The van der Waals surface area contributed by atoms with Crippen LogP contribution in [0.15, 0.2) is 108 Å². The molecule has 0 unspecified atom stereocenters. The highest BCUT2D eigenvalue weighted by atomic mass is 35.5. The Balaban J connectivity index is 1.56. The molecule has 0 aliphatic heterocycles. The molecule has 4 aromatic carbocycles. The largest absolute Gasteiger partial charge is 0.352 e. The molecule has 1 fully saturated rings. The topological polar surface area (TPSA) is 86.8 Å². The Morgan fingerprint density at radius 1 is 0.872 bits per heavy atom. The minimum Gasteiger partial charge on any atom is -0.352 e. The van der Waals surface area contributed by atoms with Crippen LogP contribution in [0, 0.1) is 12.7 Å². The highest BCUT2D eigenvalue weighted by molar-refractivity contribution is 7.92. The first-order chi connectivity index (χ1) is 22.6. The van der Waals surface area contributed by atoms with E-state index in [1.54, 1.807) is 49.4 Å². The standard InChI is InChI=1S/C37H39ClFN3O4S/c1-27-17-22-32(24-34(27)38)42(47(45,46)33-15-9-4-10-16-33)26-36(43)41(25-29-18-20-30(39)21-19-29)35(23-28-11-5-2-6-12-28)37(44)40-31-13-7-3-8-14-31/h2,4-6,9-12,15-22,24,31,35H,3,7-8,13-14,23,25-26H2,1H3,(H,40,44)/t35-/m1/s1. The molecule has 2 amide bonds. The van der Waals surface area contributed by atoms with Crippen LogP contribution in [0.4, 0.5) is 10.1 Å². The number of benzene rings is 4. The number of halogens is 2. The van der Waals surface area contributed by atoms with Crippen LogP contribution in [0.2, 0.25) is 5.02 Å². The molecule has 1 aliphatic carbocycles. The van der Waals surface area contributed by atoms with Gasteiger partial charge in [-0.2, -0.15) is 0 Å². The number of nitrogens with zero attached hydrogens (tertiary/aromatic N) is 2. The van der Waals surface area contributed by atoms with Gasteiger partial charge in [0, 0.05) is 24.0 Å². The van der Waals surface area contributed by atoms with E-state index in [1.807, 2.05) is 30.3 Å². The first kappa shape index (κ1) is 34.1. The number of nitrogens with one attached hydrogen (secondary N) is 1. The van der Waals surface area contributed by atoms with Gasteiger partial charge in [0.05, 0.1) is 10.6 Å². The molecule has 246 valence electrons. The van der Waals surface area contributed by atoms with Crippen molar-refractivity contribution >= 4 is 39.1 Å². The van der Waals surface area contributed by atoms with E-state index in [0.717, 1.165) is 47.5 Å². The van der Waals surface area contributed by atoms with E-state index in [9.17, 15) is 22.4 Å². The molecule has 1 N–H and O–H groups in total. The fourth-order valence-corrected chi connectivity index (χ4v) is 7.47. The highest BCUT2D eigenvalue weighted by Crippen LogP contribution is 2.29. The SMILES string of the molecule is Cc1ccc(N(CC(=O)N(Cc2ccc(F)cc2)[C@H](Cc2ccccc2)C(=O)NC2CCCCC2)S(=O)(=O)c2ccccc2)cc1Cl. The summed E-state index contributed by atoms with van der Waals surface area (Å²) >= 11 is 6.45. The second kappa shape index (κ2) is 15.6. The van der Waals surface area contributed by atoms with Gasteiger partial charge in [0.15, 0.2) is 0 Å². The second-order valence-corrected chi connectivity index (χ2v) is 14.2. The fourth-order valence-electron chi connectivity index (χ4n) is 5.87. The van der Waals surface area contributed by atoms with E-state index in [4.69, 9.17) is 11.6 Å². The van der Waals surface area contributed by atoms with Crippen LogP contribution in [-0.2, 0) is 32.6 Å². The van der Waals surface area contributed by atoms with Crippen LogP contribution >= 0.6 is 11.6 Å². The van der Waals surface area contributed by atoms with Crippen molar-refractivity contribution in [2.24, 2.45) is 0 Å². The van der Waals surface area contributed by atoms with Crippen molar-refractivity contribution < 1.29 is 22.4 Å². The van der Waals surface area contributed by atoms with E-state index < -0.39 is 34.3 Å². The predicted octanol–water partition coefficient (Wildman–Crippen LogP) is 7.07. The van der Waals surface area contributed by atoms with E-state index in [2.05, 4.69) is 5.32 Å². The Labute approximate surface area is 281 Å². The maximum atomic E-state index is 14.6. The van der Waals surface area contributed by atoms with Crippen LogP contribution in [0.5, 0.6) is 0 Å². The number of amides is 2. The van der Waals surface area contributed by atoms with Crippen molar-refractivity contribution in [3.8, 4) is 0 Å². The molecule has 0 heterocycles. The van der Waals surface area contributed by atoms with Gasteiger partial charge in [-0.1, -0.05) is 97.6 Å². The lowest BCUT2D eigenvalue weighted by Gasteiger charge is -2.35.